The second kappa shape index (κ2) is 36.8. The van der Waals surface area contributed by atoms with Crippen molar-refractivity contribution in [1.29, 1.82) is 0 Å². The Balaban J connectivity index is -0.0000000361. The molecule has 0 aromatic rings. The summed E-state index contributed by atoms with van der Waals surface area (Å²) in [5.74, 6) is -1.99. The van der Waals surface area contributed by atoms with Gasteiger partial charge < -0.3 is 23.9 Å². The molecule has 0 aliphatic carbocycles. The summed E-state index contributed by atoms with van der Waals surface area (Å²) >= 11 is 0. The van der Waals surface area contributed by atoms with E-state index in [2.05, 4.69) is 6.58 Å². The molecule has 0 bridgehead atoms. The van der Waals surface area contributed by atoms with E-state index in [9.17, 15) is 32.5 Å². The Labute approximate surface area is 348 Å². The first-order valence-corrected chi connectivity index (χ1v) is 12.9. The van der Waals surface area contributed by atoms with Crippen molar-refractivity contribution in [2.45, 2.75) is 133 Å². The minimum Gasteiger partial charge on any atom is -0.748 e. The number of ether oxygens (including phenoxy) is 2. The topological polar surface area (TPSA) is 150 Å². The molecule has 0 rings (SSSR count). The van der Waals surface area contributed by atoms with Crippen LogP contribution in [0.3, 0.4) is 0 Å². The molecule has 0 atom stereocenters. The van der Waals surface area contributed by atoms with E-state index in [1.165, 1.54) is 0 Å². The van der Waals surface area contributed by atoms with Crippen LogP contribution in [0.1, 0.15) is 133 Å². The van der Waals surface area contributed by atoms with Gasteiger partial charge in [-0.1, -0.05) is 91.8 Å². The molecule has 0 heterocycles. The van der Waals surface area contributed by atoms with Crippen LogP contribution in [0, 0.1) is 16.2 Å². The maximum absolute atomic E-state index is 11.4. The van der Waals surface area contributed by atoms with Crippen molar-refractivity contribution in [1.82, 2.24) is 0 Å². The van der Waals surface area contributed by atoms with E-state index in [1.807, 2.05) is 34.6 Å². The summed E-state index contributed by atoms with van der Waals surface area (Å²) in [5.41, 5.74) is -1.57. The van der Waals surface area contributed by atoms with Crippen LogP contribution < -0.4 is 108 Å². The van der Waals surface area contributed by atoms with E-state index in [1.54, 1.807) is 33.8 Å². The van der Waals surface area contributed by atoms with Gasteiger partial charge in [-0.3, -0.25) is 9.59 Å². The van der Waals surface area contributed by atoms with Gasteiger partial charge in [-0.2, -0.15) is 0 Å². The maximum atomic E-state index is 11.4. The summed E-state index contributed by atoms with van der Waals surface area (Å²) in [4.78, 5) is 32.7. The third kappa shape index (κ3) is 41.3. The number of aliphatic carboxylic acids is 1. The van der Waals surface area contributed by atoms with E-state index in [4.69, 9.17) is 9.47 Å². The number of rotatable bonds is 12. The first-order valence-electron chi connectivity index (χ1n) is 11.3. The SMILES string of the molecule is C.C.C.C.C.C.C=CCOC(=O)C(C)(C)CC.CCC(C)(C)C(=O)OCCCS(=O)(=O)[O-].CCC(C)(C)C(=O)[O-].[K+].[K+]. The van der Waals surface area contributed by atoms with Gasteiger partial charge in [0, 0.05) is 17.1 Å². The van der Waals surface area contributed by atoms with Crippen LogP contribution in [0.15, 0.2) is 12.7 Å². The Hall–Kier alpha value is 1.33. The largest absolute Gasteiger partial charge is 1.00 e. The normalized spacial score (nSPS) is 9.48. The van der Waals surface area contributed by atoms with Crippen molar-refractivity contribution in [3.63, 3.8) is 0 Å². The van der Waals surface area contributed by atoms with Gasteiger partial charge >= 0.3 is 115 Å². The number of hydrogen-bond acceptors (Lipinski definition) is 9. The molecular formula is C30H68K2O9S. The van der Waals surface area contributed by atoms with Crippen LogP contribution >= 0.6 is 0 Å². The number of carboxylic acid groups (broad SMARTS) is 1. The van der Waals surface area contributed by atoms with Crippen molar-refractivity contribution in [2.75, 3.05) is 19.0 Å². The summed E-state index contributed by atoms with van der Waals surface area (Å²) in [5, 5.41) is 10.1. The molecule has 0 saturated heterocycles. The first kappa shape index (κ1) is 74.3. The van der Waals surface area contributed by atoms with Crippen LogP contribution in [-0.4, -0.2) is 49.8 Å². The summed E-state index contributed by atoms with van der Waals surface area (Å²) in [6.45, 7) is 20.0. The Bertz CT molecular complexity index is 750. The number of carbonyl (C=O) groups is 3. The van der Waals surface area contributed by atoms with Crippen molar-refractivity contribution >= 4 is 28.0 Å². The van der Waals surface area contributed by atoms with Gasteiger partial charge in [-0.05, 0) is 53.4 Å². The zero-order chi connectivity index (χ0) is 27.8. The van der Waals surface area contributed by atoms with Gasteiger partial charge in [0.05, 0.1) is 27.6 Å². The van der Waals surface area contributed by atoms with Gasteiger partial charge in [-0.25, -0.2) is 8.42 Å². The molecule has 42 heavy (non-hydrogen) atoms. The van der Waals surface area contributed by atoms with E-state index >= 15 is 0 Å². The Kier molecular flexibility index (Phi) is 65.1. The van der Waals surface area contributed by atoms with Gasteiger partial charge in [0.25, 0.3) is 0 Å². The second-order valence-corrected chi connectivity index (χ2v) is 11.2. The fourth-order valence-corrected chi connectivity index (χ4v) is 1.83. The van der Waals surface area contributed by atoms with Crippen LogP contribution in [0.4, 0.5) is 0 Å². The molecule has 0 aliphatic rings. The van der Waals surface area contributed by atoms with Crippen LogP contribution in [-0.2, 0) is 34.0 Å². The van der Waals surface area contributed by atoms with Crippen LogP contribution in [0.2, 0.25) is 0 Å². The predicted octanol–water partition coefficient (Wildman–Crippen LogP) is 1.05. The smallest absolute Gasteiger partial charge is 0.748 e. The Morgan fingerprint density at radius 2 is 1.02 bits per heavy atom. The van der Waals surface area contributed by atoms with Gasteiger partial charge in [0.15, 0.2) is 0 Å². The molecule has 0 spiro atoms. The number of hydrogen-bond donors (Lipinski definition) is 0. The molecule has 0 unspecified atom stereocenters. The minimum absolute atomic E-state index is 0. The fourth-order valence-electron chi connectivity index (χ4n) is 1.36. The summed E-state index contributed by atoms with van der Waals surface area (Å²) in [7, 11) is -4.20. The first-order chi connectivity index (χ1) is 15.2. The number of carboxylic acids is 1. The molecule has 0 saturated carbocycles. The fraction of sp³-hybridized carbons (Fsp3) is 0.833. The van der Waals surface area contributed by atoms with Crippen LogP contribution in [0.25, 0.3) is 0 Å². The summed E-state index contributed by atoms with van der Waals surface area (Å²) in [6.07, 6.45) is 3.69. The summed E-state index contributed by atoms with van der Waals surface area (Å²) in [6, 6.07) is 0. The maximum Gasteiger partial charge on any atom is 1.00 e. The molecule has 0 N–H and O–H groups in total. The molecule has 12 heteroatoms. The quantitative estimate of drug-likeness (QED) is 0.0968. The van der Waals surface area contributed by atoms with Crippen molar-refractivity contribution < 1.29 is 145 Å². The minimum atomic E-state index is -4.20. The van der Waals surface area contributed by atoms with E-state index in [-0.39, 0.29) is 178 Å². The van der Waals surface area contributed by atoms with Gasteiger partial charge in [0.2, 0.25) is 0 Å². The van der Waals surface area contributed by atoms with Crippen molar-refractivity contribution in [2.24, 2.45) is 16.2 Å². The van der Waals surface area contributed by atoms with Gasteiger partial charge in [-0.15, -0.1) is 0 Å². The number of esters is 2. The third-order valence-electron chi connectivity index (χ3n) is 5.41. The molecule has 0 amide bonds. The zero-order valence-electron chi connectivity index (χ0n) is 24.3. The average molecular weight is 683 g/mol. The summed E-state index contributed by atoms with van der Waals surface area (Å²) < 4.78 is 40.4. The second-order valence-electron chi connectivity index (χ2n) is 9.64. The molecule has 0 aromatic carbocycles. The van der Waals surface area contributed by atoms with E-state index in [0.29, 0.717) is 19.4 Å². The average Bonchev–Trinajstić information content (AvgIpc) is 2.74. The molecular weight excluding hydrogens is 615 g/mol. The predicted molar refractivity (Wildman–Crippen MR) is 169 cm³/mol. The molecule has 9 nitrogen and oxygen atoms in total. The Morgan fingerprint density at radius 3 is 1.24 bits per heavy atom. The van der Waals surface area contributed by atoms with E-state index < -0.39 is 32.7 Å². The van der Waals surface area contributed by atoms with E-state index in [0.717, 1.165) is 6.42 Å². The molecule has 250 valence electrons. The zero-order valence-corrected chi connectivity index (χ0v) is 31.4. The van der Waals surface area contributed by atoms with Crippen molar-refractivity contribution in [3.05, 3.63) is 12.7 Å². The molecule has 0 radical (unpaired) electrons. The Morgan fingerprint density at radius 1 is 0.714 bits per heavy atom. The van der Waals surface area contributed by atoms with Crippen molar-refractivity contribution in [3.8, 4) is 0 Å². The van der Waals surface area contributed by atoms with Gasteiger partial charge in [0.1, 0.15) is 6.61 Å². The third-order valence-corrected chi connectivity index (χ3v) is 6.20. The monoisotopic (exact) mass is 682 g/mol. The standard InChI is InChI=1S/C9H18O5S.C9H16O2.C6H12O2.6CH4.2K/c1-4-9(2,3)8(10)14-6-5-7-15(11,12)13;1-5-7-11-8(10)9(3,4)6-2;1-4-6(2,3)5(7)8;;;;;;;;/h4-7H2,1-3H3,(H,11,12,13);5H,1,6-7H2,2-4H3;4H2,1-3H3,(H,7,8);6*1H4;;/q;;;;;;;;;2*+1/p-2. The molecule has 0 aromatic heterocycles. The molecule has 0 aliphatic heterocycles. The van der Waals surface area contributed by atoms with Crippen LogP contribution in [0.5, 0.6) is 0 Å². The molecule has 0 fully saturated rings. The number of carbonyl (C=O) groups excluding carboxylic acids is 3.